The normalized spacial score (nSPS) is 14.3. The third-order valence-electron chi connectivity index (χ3n) is 5.51. The van der Waals surface area contributed by atoms with Crippen molar-refractivity contribution in [2.45, 2.75) is 38.5 Å². The van der Waals surface area contributed by atoms with Crippen molar-refractivity contribution in [3.8, 4) is 29.7 Å². The molecule has 2 aromatic carbocycles. The molecule has 0 unspecified atom stereocenters. The molecule has 1 fully saturated rings. The zero-order chi connectivity index (χ0) is 23.2. The summed E-state index contributed by atoms with van der Waals surface area (Å²) in [6.45, 7) is 3.28. The van der Waals surface area contributed by atoms with Gasteiger partial charge in [0.15, 0.2) is 0 Å². The summed E-state index contributed by atoms with van der Waals surface area (Å²) < 4.78 is 27.1. The SMILES string of the molecule is C#CCOC[C@@H](O)CN(Cc1c(C)nn(-c2ccccc2)c1Oc1cccc(F)c1)C1CC1. The van der Waals surface area contributed by atoms with Crippen LogP contribution in [-0.4, -0.2) is 51.7 Å². The number of benzene rings is 2. The van der Waals surface area contributed by atoms with Gasteiger partial charge in [0.1, 0.15) is 18.2 Å². The van der Waals surface area contributed by atoms with Crippen LogP contribution >= 0.6 is 0 Å². The van der Waals surface area contributed by atoms with Gasteiger partial charge in [0.25, 0.3) is 0 Å². The molecule has 1 saturated carbocycles. The Kier molecular flexibility index (Phi) is 7.40. The topological polar surface area (TPSA) is 59.8 Å². The minimum absolute atomic E-state index is 0.176. The quantitative estimate of drug-likeness (QED) is 0.353. The summed E-state index contributed by atoms with van der Waals surface area (Å²) in [7, 11) is 0. The van der Waals surface area contributed by atoms with Crippen molar-refractivity contribution in [2.24, 2.45) is 0 Å². The van der Waals surface area contributed by atoms with Gasteiger partial charge in [-0.15, -0.1) is 6.42 Å². The van der Waals surface area contributed by atoms with Crippen molar-refractivity contribution in [3.05, 3.63) is 71.7 Å². The highest BCUT2D eigenvalue weighted by Crippen LogP contribution is 2.35. The maximum absolute atomic E-state index is 13.8. The van der Waals surface area contributed by atoms with Gasteiger partial charge in [-0.05, 0) is 44.0 Å². The van der Waals surface area contributed by atoms with Crippen LogP contribution in [0.3, 0.4) is 0 Å². The molecule has 172 valence electrons. The predicted octanol–water partition coefficient (Wildman–Crippen LogP) is 4.09. The Morgan fingerprint density at radius 2 is 2.03 bits per heavy atom. The van der Waals surface area contributed by atoms with Crippen LogP contribution in [0.15, 0.2) is 54.6 Å². The number of rotatable bonds is 11. The van der Waals surface area contributed by atoms with Gasteiger partial charge in [0.05, 0.1) is 29.7 Å². The van der Waals surface area contributed by atoms with Crippen LogP contribution in [0.2, 0.25) is 0 Å². The molecule has 3 aromatic rings. The largest absolute Gasteiger partial charge is 0.438 e. The average Bonchev–Trinajstić information content (AvgIpc) is 3.61. The smallest absolute Gasteiger partial charge is 0.227 e. The first kappa shape index (κ1) is 23.0. The highest BCUT2D eigenvalue weighted by molar-refractivity contribution is 5.43. The number of para-hydroxylation sites is 1. The summed E-state index contributed by atoms with van der Waals surface area (Å²) in [5, 5.41) is 15.2. The van der Waals surface area contributed by atoms with Gasteiger partial charge in [0, 0.05) is 25.2 Å². The molecule has 0 saturated heterocycles. The van der Waals surface area contributed by atoms with E-state index in [0.717, 1.165) is 29.8 Å². The molecule has 0 bridgehead atoms. The van der Waals surface area contributed by atoms with Gasteiger partial charge in [-0.25, -0.2) is 9.07 Å². The zero-order valence-electron chi connectivity index (χ0n) is 18.7. The van der Waals surface area contributed by atoms with Crippen LogP contribution < -0.4 is 4.74 Å². The molecular formula is C26H28FN3O3. The number of aliphatic hydroxyl groups excluding tert-OH is 1. The van der Waals surface area contributed by atoms with E-state index >= 15 is 0 Å². The highest BCUT2D eigenvalue weighted by Gasteiger charge is 2.32. The molecule has 7 heteroatoms. The number of hydrogen-bond acceptors (Lipinski definition) is 5. The van der Waals surface area contributed by atoms with Gasteiger partial charge in [0.2, 0.25) is 5.88 Å². The molecule has 6 nitrogen and oxygen atoms in total. The molecule has 1 heterocycles. The van der Waals surface area contributed by atoms with Crippen molar-refractivity contribution >= 4 is 0 Å². The molecular weight excluding hydrogens is 421 g/mol. The first-order valence-corrected chi connectivity index (χ1v) is 11.1. The fraction of sp³-hybridized carbons (Fsp3) is 0.346. The number of aliphatic hydroxyl groups is 1. The number of aryl methyl sites for hydroxylation is 1. The summed E-state index contributed by atoms with van der Waals surface area (Å²) in [6.07, 6.45) is 6.71. The average molecular weight is 450 g/mol. The summed E-state index contributed by atoms with van der Waals surface area (Å²) in [4.78, 5) is 2.22. The molecule has 1 aromatic heterocycles. The molecule has 1 N–H and O–H groups in total. The number of ether oxygens (including phenoxy) is 2. The van der Waals surface area contributed by atoms with E-state index in [1.165, 1.54) is 12.1 Å². The Hall–Kier alpha value is -3.18. The maximum Gasteiger partial charge on any atom is 0.227 e. The Balaban J connectivity index is 1.63. The summed E-state index contributed by atoms with van der Waals surface area (Å²) in [6, 6.07) is 16.1. The fourth-order valence-corrected chi connectivity index (χ4v) is 3.77. The van der Waals surface area contributed by atoms with E-state index in [9.17, 15) is 9.50 Å². The van der Waals surface area contributed by atoms with Crippen LogP contribution in [0.25, 0.3) is 5.69 Å². The van der Waals surface area contributed by atoms with Crippen molar-refractivity contribution in [3.63, 3.8) is 0 Å². The molecule has 1 atom stereocenters. The second-order valence-electron chi connectivity index (χ2n) is 8.21. The van der Waals surface area contributed by atoms with Gasteiger partial charge in [-0.2, -0.15) is 5.10 Å². The second-order valence-corrected chi connectivity index (χ2v) is 8.21. The Labute approximate surface area is 193 Å². The maximum atomic E-state index is 13.8. The number of terminal acetylenes is 1. The van der Waals surface area contributed by atoms with E-state index in [4.69, 9.17) is 21.0 Å². The van der Waals surface area contributed by atoms with Crippen molar-refractivity contribution < 1.29 is 19.0 Å². The molecule has 33 heavy (non-hydrogen) atoms. The van der Waals surface area contributed by atoms with E-state index in [0.29, 0.717) is 30.8 Å². The highest BCUT2D eigenvalue weighted by atomic mass is 19.1. The summed E-state index contributed by atoms with van der Waals surface area (Å²) in [5.74, 6) is 2.97. The van der Waals surface area contributed by atoms with Gasteiger partial charge < -0.3 is 14.6 Å². The number of aromatic nitrogens is 2. The van der Waals surface area contributed by atoms with Crippen LogP contribution in [0, 0.1) is 25.1 Å². The molecule has 0 amide bonds. The Bertz CT molecular complexity index is 1110. The molecule has 0 radical (unpaired) electrons. The van der Waals surface area contributed by atoms with Gasteiger partial charge >= 0.3 is 0 Å². The van der Waals surface area contributed by atoms with Crippen LogP contribution in [0.4, 0.5) is 4.39 Å². The fourth-order valence-electron chi connectivity index (χ4n) is 3.77. The van der Waals surface area contributed by atoms with E-state index in [2.05, 4.69) is 10.8 Å². The molecule has 4 rings (SSSR count). The Morgan fingerprint density at radius 3 is 2.73 bits per heavy atom. The number of nitrogens with zero attached hydrogens (tertiary/aromatic N) is 3. The third-order valence-corrected chi connectivity index (χ3v) is 5.51. The number of hydrogen-bond donors (Lipinski definition) is 1. The van der Waals surface area contributed by atoms with Crippen molar-refractivity contribution in [1.82, 2.24) is 14.7 Å². The number of halogens is 1. The molecule has 0 aliphatic heterocycles. The van der Waals surface area contributed by atoms with E-state index in [1.54, 1.807) is 16.8 Å². The zero-order valence-corrected chi connectivity index (χ0v) is 18.7. The molecule has 0 spiro atoms. The lowest BCUT2D eigenvalue weighted by Crippen LogP contribution is -2.36. The van der Waals surface area contributed by atoms with Crippen molar-refractivity contribution in [2.75, 3.05) is 19.8 Å². The predicted molar refractivity (Wildman–Crippen MR) is 124 cm³/mol. The summed E-state index contributed by atoms with van der Waals surface area (Å²) >= 11 is 0. The van der Waals surface area contributed by atoms with Crippen LogP contribution in [0.1, 0.15) is 24.1 Å². The minimum atomic E-state index is -0.656. The summed E-state index contributed by atoms with van der Waals surface area (Å²) in [5.41, 5.74) is 2.56. The van der Waals surface area contributed by atoms with Gasteiger partial charge in [-0.3, -0.25) is 4.90 Å². The standard InChI is InChI=1S/C26H28FN3O3/c1-3-14-32-18-23(31)16-29(21-12-13-21)17-25-19(2)28-30(22-9-5-4-6-10-22)26(25)33-24-11-7-8-20(27)15-24/h1,4-11,15,21,23,31H,12-14,16-18H2,2H3/t23-/m0/s1. The monoisotopic (exact) mass is 449 g/mol. The van der Waals surface area contributed by atoms with E-state index in [-0.39, 0.29) is 19.0 Å². The minimum Gasteiger partial charge on any atom is -0.438 e. The van der Waals surface area contributed by atoms with E-state index < -0.39 is 6.10 Å². The lowest BCUT2D eigenvalue weighted by Gasteiger charge is -2.25. The van der Waals surface area contributed by atoms with Crippen molar-refractivity contribution in [1.29, 1.82) is 0 Å². The first-order chi connectivity index (χ1) is 16.0. The first-order valence-electron chi connectivity index (χ1n) is 11.1. The van der Waals surface area contributed by atoms with Gasteiger partial charge in [-0.1, -0.05) is 30.2 Å². The second kappa shape index (κ2) is 10.6. The molecule has 1 aliphatic rings. The molecule has 1 aliphatic carbocycles. The Morgan fingerprint density at radius 1 is 1.24 bits per heavy atom. The third kappa shape index (κ3) is 5.99. The van der Waals surface area contributed by atoms with E-state index in [1.807, 2.05) is 37.3 Å². The van der Waals surface area contributed by atoms with Crippen LogP contribution in [-0.2, 0) is 11.3 Å². The van der Waals surface area contributed by atoms with Crippen LogP contribution in [0.5, 0.6) is 11.6 Å². The lowest BCUT2D eigenvalue weighted by molar-refractivity contribution is 0.0240. The lowest BCUT2D eigenvalue weighted by atomic mass is 10.2.